The molecule has 1 aliphatic rings. The van der Waals surface area contributed by atoms with Crippen LogP contribution >= 0.6 is 11.6 Å². The van der Waals surface area contributed by atoms with E-state index >= 15 is 0 Å². The number of hydrogen-bond donors (Lipinski definition) is 0. The zero-order valence-corrected chi connectivity index (χ0v) is 6.01. The summed E-state index contributed by atoms with van der Waals surface area (Å²) in [5.74, 6) is 0. The number of fused-ring (bicyclic) bond motifs is 1. The number of halogens is 2. The van der Waals surface area contributed by atoms with Gasteiger partial charge in [0.15, 0.2) is 10.6 Å². The molecular formula is C5H2ClFN4. The molecule has 6 heteroatoms. The Kier molecular flexibility index (Phi) is 1.32. The summed E-state index contributed by atoms with van der Waals surface area (Å²) in [6.07, 6.45) is -0.866. The monoisotopic (exact) mass is 172 g/mol. The van der Waals surface area contributed by atoms with Crippen LogP contribution in [0.1, 0.15) is 0 Å². The molecule has 0 bridgehead atoms. The van der Waals surface area contributed by atoms with E-state index in [1.54, 1.807) is 0 Å². The molecule has 2 heterocycles. The second-order valence-electron chi connectivity index (χ2n) is 1.91. The van der Waals surface area contributed by atoms with Crippen molar-refractivity contribution in [2.75, 3.05) is 6.67 Å². The highest BCUT2D eigenvalue weighted by Crippen LogP contribution is 1.93. The third kappa shape index (κ3) is 0.970. The Morgan fingerprint density at radius 3 is 2.91 bits per heavy atom. The first-order valence-electron chi connectivity index (χ1n) is 2.85. The Morgan fingerprint density at radius 1 is 1.27 bits per heavy atom. The lowest BCUT2D eigenvalue weighted by molar-refractivity contribution is 0.531. The molecule has 11 heavy (non-hydrogen) atoms. The molecule has 0 amide bonds. The van der Waals surface area contributed by atoms with Crippen LogP contribution in [0.15, 0.2) is 9.98 Å². The Bertz CT molecular complexity index is 415. The first kappa shape index (κ1) is 6.60. The van der Waals surface area contributed by atoms with Crippen molar-refractivity contribution in [3.05, 3.63) is 22.1 Å². The second-order valence-corrected chi connectivity index (χ2v) is 2.27. The van der Waals surface area contributed by atoms with Crippen LogP contribution in [0.4, 0.5) is 4.39 Å². The average Bonchev–Trinajstić information content (AvgIpc) is 2.34. The quantitative estimate of drug-likeness (QED) is 0.391. The van der Waals surface area contributed by atoms with Crippen LogP contribution in [-0.4, -0.2) is 16.6 Å². The number of rotatable bonds is 0. The molecule has 0 atom stereocenters. The van der Waals surface area contributed by atoms with Crippen LogP contribution in [0, 0.1) is 6.08 Å². The molecule has 0 radical (unpaired) electrons. The van der Waals surface area contributed by atoms with Gasteiger partial charge in [-0.3, -0.25) is 4.99 Å². The summed E-state index contributed by atoms with van der Waals surface area (Å²) in [4.78, 5) is 14.3. The molecule has 0 spiro atoms. The fraction of sp³-hybridized carbons (Fsp3) is 0.200. The molecule has 0 unspecified atom stereocenters. The maximum absolute atomic E-state index is 12.4. The third-order valence-corrected chi connectivity index (χ3v) is 1.51. The van der Waals surface area contributed by atoms with Crippen molar-refractivity contribution < 1.29 is 4.39 Å². The van der Waals surface area contributed by atoms with Crippen molar-refractivity contribution in [2.45, 2.75) is 0 Å². The van der Waals surface area contributed by atoms with Gasteiger partial charge in [-0.2, -0.15) is 14.4 Å². The van der Waals surface area contributed by atoms with Gasteiger partial charge in [0.05, 0.1) is 0 Å². The van der Waals surface area contributed by atoms with Crippen LogP contribution in [0.2, 0.25) is 5.15 Å². The Hall–Kier alpha value is -1.10. The smallest absolute Gasteiger partial charge is 0.255 e. The van der Waals surface area contributed by atoms with Crippen LogP contribution in [0.3, 0.4) is 0 Å². The average molecular weight is 173 g/mol. The molecule has 0 aromatic carbocycles. The summed E-state index contributed by atoms with van der Waals surface area (Å²) in [6, 6.07) is 0. The fourth-order valence-corrected chi connectivity index (χ4v) is 1.02. The number of aromatic nitrogens is 2. The first-order chi connectivity index (χ1) is 5.27. The zero-order valence-electron chi connectivity index (χ0n) is 5.25. The van der Waals surface area contributed by atoms with Gasteiger partial charge in [-0.15, -0.1) is 0 Å². The number of nitrogens with zero attached hydrogens (tertiary/aromatic N) is 4. The number of hydrogen-bond acceptors (Lipinski definition) is 4. The van der Waals surface area contributed by atoms with E-state index in [0.717, 1.165) is 0 Å². The Morgan fingerprint density at radius 2 is 2.09 bits per heavy atom. The Balaban J connectivity index is 2.93. The van der Waals surface area contributed by atoms with E-state index in [9.17, 15) is 4.39 Å². The highest BCUT2D eigenvalue weighted by molar-refractivity contribution is 6.29. The van der Waals surface area contributed by atoms with Crippen LogP contribution in [0.5, 0.6) is 0 Å². The lowest BCUT2D eigenvalue weighted by Crippen LogP contribution is -2.29. The van der Waals surface area contributed by atoms with Gasteiger partial charge in [0, 0.05) is 0 Å². The molecule has 56 valence electrons. The van der Waals surface area contributed by atoms with E-state index in [1.807, 2.05) is 0 Å². The summed E-state index contributed by atoms with van der Waals surface area (Å²) < 4.78 is 12.4. The van der Waals surface area contributed by atoms with Gasteiger partial charge in [0.2, 0.25) is 0 Å². The van der Waals surface area contributed by atoms with Crippen molar-refractivity contribution in [3.63, 3.8) is 0 Å². The van der Waals surface area contributed by atoms with Gasteiger partial charge in [0.1, 0.15) is 12.0 Å². The molecule has 0 aliphatic carbocycles. The third-order valence-electron chi connectivity index (χ3n) is 1.25. The molecule has 0 saturated carbocycles. The van der Waals surface area contributed by atoms with Crippen LogP contribution in [0.25, 0.3) is 0 Å². The minimum Gasteiger partial charge on any atom is -0.255 e. The predicted molar refractivity (Wildman–Crippen MR) is 34.2 cm³/mol. The highest BCUT2D eigenvalue weighted by atomic mass is 35.5. The topological polar surface area (TPSA) is 50.5 Å². The molecule has 1 aromatic rings. The second kappa shape index (κ2) is 2.20. The molecule has 1 aromatic heterocycles. The maximum Gasteiger partial charge on any atom is 0.312 e. The summed E-state index contributed by atoms with van der Waals surface area (Å²) in [7, 11) is 0. The molecule has 2 rings (SSSR count). The minimum absolute atomic E-state index is 0.0220. The molecular weight excluding hydrogens is 171 g/mol. The standard InChI is InChI=1S/C5H2ClFN4/c6-3-2-4(9-1-8-2)11-5(7)10-3/h1H2. The van der Waals surface area contributed by atoms with Crippen molar-refractivity contribution in [1.82, 2.24) is 9.97 Å². The largest absolute Gasteiger partial charge is 0.312 e. The van der Waals surface area contributed by atoms with Crippen molar-refractivity contribution in [1.29, 1.82) is 0 Å². The molecule has 0 N–H and O–H groups in total. The van der Waals surface area contributed by atoms with Crippen LogP contribution < -0.4 is 10.8 Å². The predicted octanol–water partition coefficient (Wildman–Crippen LogP) is -0.521. The maximum atomic E-state index is 12.4. The van der Waals surface area contributed by atoms with E-state index in [2.05, 4.69) is 20.0 Å². The lowest BCUT2D eigenvalue weighted by Gasteiger charge is -1.86. The van der Waals surface area contributed by atoms with Gasteiger partial charge in [-0.1, -0.05) is 11.6 Å². The van der Waals surface area contributed by atoms with Gasteiger partial charge < -0.3 is 0 Å². The van der Waals surface area contributed by atoms with E-state index in [4.69, 9.17) is 11.6 Å². The molecule has 0 fully saturated rings. The normalized spacial score (nSPS) is 13.6. The van der Waals surface area contributed by atoms with Crippen molar-refractivity contribution >= 4 is 11.6 Å². The van der Waals surface area contributed by atoms with Crippen LogP contribution in [-0.2, 0) is 0 Å². The van der Waals surface area contributed by atoms with Gasteiger partial charge >= 0.3 is 6.08 Å². The van der Waals surface area contributed by atoms with E-state index in [-0.39, 0.29) is 17.3 Å². The summed E-state index contributed by atoms with van der Waals surface area (Å²) >= 11 is 5.53. The van der Waals surface area contributed by atoms with Crippen molar-refractivity contribution in [3.8, 4) is 0 Å². The van der Waals surface area contributed by atoms with E-state index < -0.39 is 6.08 Å². The van der Waals surface area contributed by atoms with Gasteiger partial charge in [-0.05, 0) is 0 Å². The van der Waals surface area contributed by atoms with Crippen molar-refractivity contribution in [2.24, 2.45) is 9.98 Å². The van der Waals surface area contributed by atoms with E-state index in [1.165, 1.54) is 0 Å². The SMILES string of the molecule is Fc1nc(Cl)c2c(n1)=NCN=2. The molecule has 1 aliphatic heterocycles. The van der Waals surface area contributed by atoms with Gasteiger partial charge in [-0.25, -0.2) is 4.99 Å². The van der Waals surface area contributed by atoms with Gasteiger partial charge in [0.25, 0.3) is 0 Å². The first-order valence-corrected chi connectivity index (χ1v) is 3.23. The molecule has 4 nitrogen and oxygen atoms in total. The fourth-order valence-electron chi connectivity index (χ4n) is 0.811. The minimum atomic E-state index is -0.866. The van der Waals surface area contributed by atoms with E-state index in [0.29, 0.717) is 5.36 Å². The summed E-state index contributed by atoms with van der Waals surface area (Å²) in [6.45, 7) is 0.257. The Labute approximate surface area is 65.5 Å². The zero-order chi connectivity index (χ0) is 7.84. The lowest BCUT2D eigenvalue weighted by atomic mass is 10.6. The molecule has 0 saturated heterocycles. The summed E-state index contributed by atoms with van der Waals surface area (Å²) in [5, 5.41) is 0.404. The highest BCUT2D eigenvalue weighted by Gasteiger charge is 2.06. The summed E-state index contributed by atoms with van der Waals surface area (Å²) in [5.41, 5.74) is 0.238.